The molecule has 6 nitrogen and oxygen atoms in total. The average molecular weight is 247 g/mol. The fourth-order valence-corrected chi connectivity index (χ4v) is 2.68. The quantitative estimate of drug-likeness (QED) is 0.865. The van der Waals surface area contributed by atoms with Crippen LogP contribution in [0.1, 0.15) is 32.6 Å². The number of H-pyrrole nitrogens is 1. The van der Waals surface area contributed by atoms with Crippen molar-refractivity contribution in [3.63, 3.8) is 0 Å². The molecule has 0 aliphatic carbocycles. The van der Waals surface area contributed by atoms with E-state index in [1.165, 1.54) is 23.7 Å². The molecule has 1 N–H and O–H groups in total. The minimum Gasteiger partial charge on any atom is -0.353 e. The minimum absolute atomic E-state index is 0.241. The molecule has 0 unspecified atom stereocenters. The van der Waals surface area contributed by atoms with E-state index in [2.05, 4.69) is 27.0 Å². The maximum Gasteiger partial charge on any atom is 0.348 e. The molecule has 1 fully saturated rings. The van der Waals surface area contributed by atoms with E-state index in [1.807, 2.05) is 6.07 Å². The van der Waals surface area contributed by atoms with E-state index in [4.69, 9.17) is 0 Å². The number of nitrogens with zero attached hydrogens (tertiary/aromatic N) is 4. The van der Waals surface area contributed by atoms with Crippen LogP contribution in [0.4, 0.5) is 5.82 Å². The second-order valence-corrected chi connectivity index (χ2v) is 4.74. The van der Waals surface area contributed by atoms with Crippen LogP contribution in [-0.2, 0) is 0 Å². The summed E-state index contributed by atoms with van der Waals surface area (Å²) < 4.78 is 1.42. The number of fused-ring (bicyclic) bond motifs is 1. The summed E-state index contributed by atoms with van der Waals surface area (Å²) in [7, 11) is 0. The molecule has 1 atom stereocenters. The number of piperidine rings is 1. The number of hydrogen-bond acceptors (Lipinski definition) is 4. The molecule has 0 aromatic carbocycles. The first-order chi connectivity index (χ1) is 8.79. The van der Waals surface area contributed by atoms with E-state index in [-0.39, 0.29) is 5.69 Å². The summed E-state index contributed by atoms with van der Waals surface area (Å²) in [5.41, 5.74) is -0.241. The van der Waals surface area contributed by atoms with Crippen molar-refractivity contribution in [1.29, 1.82) is 0 Å². The summed E-state index contributed by atoms with van der Waals surface area (Å²) in [5, 5.41) is 6.32. The summed E-state index contributed by atoms with van der Waals surface area (Å²) in [6.07, 6.45) is 6.58. The monoisotopic (exact) mass is 247 g/mol. The van der Waals surface area contributed by atoms with Crippen LogP contribution in [0.15, 0.2) is 17.1 Å². The Morgan fingerprint density at radius 3 is 3.22 bits per heavy atom. The van der Waals surface area contributed by atoms with Crippen LogP contribution in [0.3, 0.4) is 0 Å². The number of aromatic amines is 1. The van der Waals surface area contributed by atoms with E-state index in [0.29, 0.717) is 11.8 Å². The smallest absolute Gasteiger partial charge is 0.348 e. The van der Waals surface area contributed by atoms with Gasteiger partial charge in [0.2, 0.25) is 0 Å². The lowest BCUT2D eigenvalue weighted by molar-refractivity contribution is 0.447. The maximum atomic E-state index is 11.4. The number of rotatable bonds is 2. The number of aromatic nitrogens is 4. The highest BCUT2D eigenvalue weighted by molar-refractivity contribution is 5.45. The summed E-state index contributed by atoms with van der Waals surface area (Å²) in [6, 6.07) is 2.46. The summed E-state index contributed by atoms with van der Waals surface area (Å²) in [4.78, 5) is 18.2. The van der Waals surface area contributed by atoms with Gasteiger partial charge in [0.1, 0.15) is 5.82 Å². The van der Waals surface area contributed by atoms with Gasteiger partial charge >= 0.3 is 5.69 Å². The largest absolute Gasteiger partial charge is 0.353 e. The van der Waals surface area contributed by atoms with Gasteiger partial charge in [0.05, 0.1) is 0 Å². The molecule has 1 aliphatic rings. The van der Waals surface area contributed by atoms with Crippen molar-refractivity contribution in [2.24, 2.45) is 0 Å². The van der Waals surface area contributed by atoms with Crippen LogP contribution in [0.5, 0.6) is 0 Å². The lowest BCUT2D eigenvalue weighted by Crippen LogP contribution is -2.39. The number of anilines is 1. The van der Waals surface area contributed by atoms with Gasteiger partial charge in [-0.2, -0.15) is 4.98 Å². The van der Waals surface area contributed by atoms with E-state index in [1.54, 1.807) is 6.20 Å². The first-order valence-electron chi connectivity index (χ1n) is 6.50. The average Bonchev–Trinajstić information content (AvgIpc) is 2.80. The van der Waals surface area contributed by atoms with Crippen LogP contribution in [0.2, 0.25) is 0 Å². The summed E-state index contributed by atoms with van der Waals surface area (Å²) in [6.45, 7) is 3.25. The predicted molar refractivity (Wildman–Crippen MR) is 68.9 cm³/mol. The zero-order valence-corrected chi connectivity index (χ0v) is 10.5. The fourth-order valence-electron chi connectivity index (χ4n) is 2.68. The first-order valence-corrected chi connectivity index (χ1v) is 6.50. The van der Waals surface area contributed by atoms with Crippen molar-refractivity contribution in [3.05, 3.63) is 22.7 Å². The van der Waals surface area contributed by atoms with E-state index >= 15 is 0 Å². The second kappa shape index (κ2) is 4.44. The zero-order valence-electron chi connectivity index (χ0n) is 10.5. The molecule has 2 aromatic heterocycles. The molecule has 1 aliphatic heterocycles. The Hall–Kier alpha value is -1.85. The van der Waals surface area contributed by atoms with Crippen LogP contribution in [0, 0.1) is 0 Å². The molecule has 3 rings (SSSR count). The van der Waals surface area contributed by atoms with Gasteiger partial charge in [-0.3, -0.25) is 0 Å². The molecular weight excluding hydrogens is 230 g/mol. The summed E-state index contributed by atoms with van der Waals surface area (Å²) in [5.74, 6) is 1.37. The summed E-state index contributed by atoms with van der Waals surface area (Å²) >= 11 is 0. The van der Waals surface area contributed by atoms with Crippen molar-refractivity contribution in [1.82, 2.24) is 19.6 Å². The predicted octanol–water partition coefficient (Wildman–Crippen LogP) is 1.19. The number of hydrogen-bond donors (Lipinski definition) is 1. The Kier molecular flexibility index (Phi) is 2.77. The van der Waals surface area contributed by atoms with Crippen molar-refractivity contribution >= 4 is 11.6 Å². The highest BCUT2D eigenvalue weighted by Gasteiger charge is 2.22. The van der Waals surface area contributed by atoms with Gasteiger partial charge in [-0.15, -0.1) is 5.10 Å². The molecule has 6 heteroatoms. The molecule has 0 radical (unpaired) electrons. The molecule has 3 heterocycles. The maximum absolute atomic E-state index is 11.4. The molecule has 0 amide bonds. The Morgan fingerprint density at radius 2 is 2.39 bits per heavy atom. The SMILES string of the molecule is CC[C@H]1CCCCN1c1ccn2c(=O)[nH]nc2n1. The topological polar surface area (TPSA) is 66.3 Å². The van der Waals surface area contributed by atoms with Gasteiger partial charge < -0.3 is 4.90 Å². The van der Waals surface area contributed by atoms with Crippen LogP contribution in [0.25, 0.3) is 5.78 Å². The fraction of sp³-hybridized carbons (Fsp3) is 0.583. The third-order valence-corrected chi connectivity index (χ3v) is 3.67. The van der Waals surface area contributed by atoms with Crippen LogP contribution >= 0.6 is 0 Å². The van der Waals surface area contributed by atoms with Crippen molar-refractivity contribution in [2.45, 2.75) is 38.6 Å². The third kappa shape index (κ3) is 1.77. The van der Waals surface area contributed by atoms with Crippen LogP contribution < -0.4 is 10.6 Å². The Balaban J connectivity index is 1.99. The number of nitrogens with one attached hydrogen (secondary N) is 1. The standard InChI is InChI=1S/C12H17N5O/c1-2-9-5-3-4-7-16(9)10-6-8-17-11(13-10)14-15-12(17)18/h6,8-9H,2-5,7H2,1H3,(H,15,18)/t9-/m0/s1. The molecule has 18 heavy (non-hydrogen) atoms. The second-order valence-electron chi connectivity index (χ2n) is 4.74. The molecule has 96 valence electrons. The van der Waals surface area contributed by atoms with Gasteiger partial charge in [-0.1, -0.05) is 6.92 Å². The minimum atomic E-state index is -0.241. The first kappa shape index (κ1) is 11.3. The van der Waals surface area contributed by atoms with Crippen molar-refractivity contribution in [3.8, 4) is 0 Å². The molecule has 0 spiro atoms. The third-order valence-electron chi connectivity index (χ3n) is 3.67. The normalized spacial score (nSPS) is 20.5. The van der Waals surface area contributed by atoms with E-state index < -0.39 is 0 Å². The Labute approximate surface area is 105 Å². The molecule has 2 aromatic rings. The van der Waals surface area contributed by atoms with Gasteiger partial charge in [-0.25, -0.2) is 14.3 Å². The van der Waals surface area contributed by atoms with Crippen molar-refractivity contribution in [2.75, 3.05) is 11.4 Å². The Bertz CT molecular complexity index is 602. The van der Waals surface area contributed by atoms with Crippen molar-refractivity contribution < 1.29 is 0 Å². The van der Waals surface area contributed by atoms with Gasteiger partial charge in [0, 0.05) is 18.8 Å². The van der Waals surface area contributed by atoms with Gasteiger partial charge in [-0.05, 0) is 31.7 Å². The molecule has 1 saturated heterocycles. The lowest BCUT2D eigenvalue weighted by atomic mass is 10.0. The highest BCUT2D eigenvalue weighted by atomic mass is 16.1. The molecular formula is C12H17N5O. The lowest BCUT2D eigenvalue weighted by Gasteiger charge is -2.36. The molecule has 0 bridgehead atoms. The van der Waals surface area contributed by atoms with Gasteiger partial charge in [0.25, 0.3) is 5.78 Å². The Morgan fingerprint density at radius 1 is 1.50 bits per heavy atom. The van der Waals surface area contributed by atoms with E-state index in [0.717, 1.165) is 18.8 Å². The zero-order chi connectivity index (χ0) is 12.5. The van der Waals surface area contributed by atoms with E-state index in [9.17, 15) is 4.79 Å². The molecule has 0 saturated carbocycles. The highest BCUT2D eigenvalue weighted by Crippen LogP contribution is 2.24. The van der Waals surface area contributed by atoms with Crippen LogP contribution in [-0.4, -0.2) is 32.2 Å². The van der Waals surface area contributed by atoms with Gasteiger partial charge in [0.15, 0.2) is 0 Å².